The van der Waals surface area contributed by atoms with Gasteiger partial charge in [-0.3, -0.25) is 19.2 Å². The predicted octanol–water partition coefficient (Wildman–Crippen LogP) is 5.17. The number of benzene rings is 4. The Labute approximate surface area is 235 Å². The van der Waals surface area contributed by atoms with Gasteiger partial charge in [-0.05, 0) is 83.9 Å². The lowest BCUT2D eigenvalue weighted by Crippen LogP contribution is -2.39. The smallest absolute Gasteiger partial charge is 0.269 e. The Bertz CT molecular complexity index is 1600. The van der Waals surface area contributed by atoms with Crippen LogP contribution < -0.4 is 14.5 Å². The van der Waals surface area contributed by atoms with Gasteiger partial charge in [0.05, 0.1) is 21.7 Å². The third-order valence-corrected chi connectivity index (χ3v) is 7.61. The van der Waals surface area contributed by atoms with Gasteiger partial charge in [0.1, 0.15) is 18.9 Å². The van der Waals surface area contributed by atoms with E-state index in [9.17, 15) is 23.3 Å². The number of nitrogens with one attached hydrogen (secondary N) is 1. The highest BCUT2D eigenvalue weighted by Crippen LogP contribution is 2.24. The van der Waals surface area contributed by atoms with E-state index in [1.165, 1.54) is 42.6 Å². The quantitative estimate of drug-likeness (QED) is 0.148. The normalized spacial score (nSPS) is 11.2. The van der Waals surface area contributed by atoms with Crippen LogP contribution in [0.1, 0.15) is 11.1 Å². The van der Waals surface area contributed by atoms with Crippen LogP contribution in [0.3, 0.4) is 0 Å². The molecule has 0 atom stereocenters. The summed E-state index contributed by atoms with van der Waals surface area (Å²) < 4.78 is 33.3. The SMILES string of the molecule is O=C(CN(c1ccccc1)S(=O)(=O)c1ccc(Cl)cc1)N/N=C\c1ccc(OCc2ccc([N+](=O)[O-])cc2)cc1. The van der Waals surface area contributed by atoms with Gasteiger partial charge in [-0.25, -0.2) is 13.8 Å². The Morgan fingerprint density at radius 1 is 0.950 bits per heavy atom. The first-order valence-electron chi connectivity index (χ1n) is 11.8. The molecular weight excluding hydrogens is 556 g/mol. The molecule has 0 heterocycles. The van der Waals surface area contributed by atoms with E-state index in [1.54, 1.807) is 66.7 Å². The largest absolute Gasteiger partial charge is 0.489 e. The standard InChI is InChI=1S/C28H23ClN4O6S/c29-23-10-16-27(17-11-23)40(37,38)32(24-4-2-1-3-5-24)19-28(34)31-30-18-21-8-14-26(15-9-21)39-20-22-6-12-25(13-7-22)33(35)36/h1-18H,19-20H2,(H,31,34)/b30-18-. The maximum absolute atomic E-state index is 13.3. The van der Waals surface area contributed by atoms with Crippen LogP contribution in [0.2, 0.25) is 5.02 Å². The van der Waals surface area contributed by atoms with Crippen LogP contribution in [0.4, 0.5) is 11.4 Å². The number of halogens is 1. The van der Waals surface area contributed by atoms with Crippen LogP contribution in [-0.2, 0) is 21.4 Å². The minimum atomic E-state index is -4.06. The summed E-state index contributed by atoms with van der Waals surface area (Å²) in [5, 5.41) is 15.1. The topological polar surface area (TPSA) is 131 Å². The van der Waals surface area contributed by atoms with Gasteiger partial charge in [-0.2, -0.15) is 5.10 Å². The van der Waals surface area contributed by atoms with Crippen LogP contribution in [0.15, 0.2) is 113 Å². The molecule has 0 aromatic heterocycles. The number of amides is 1. The van der Waals surface area contributed by atoms with Crippen molar-refractivity contribution in [3.05, 3.63) is 129 Å². The highest BCUT2D eigenvalue weighted by atomic mass is 35.5. The van der Waals surface area contributed by atoms with Gasteiger partial charge in [0.15, 0.2) is 0 Å². The summed E-state index contributed by atoms with van der Waals surface area (Å²) in [5.41, 5.74) is 4.13. The summed E-state index contributed by atoms with van der Waals surface area (Å²) in [4.78, 5) is 23.0. The van der Waals surface area contributed by atoms with E-state index >= 15 is 0 Å². The Hall–Kier alpha value is -4.74. The lowest BCUT2D eigenvalue weighted by atomic mass is 10.2. The first kappa shape index (κ1) is 28.3. The molecule has 4 aromatic carbocycles. The molecule has 0 spiro atoms. The van der Waals surface area contributed by atoms with Crippen LogP contribution >= 0.6 is 11.6 Å². The highest BCUT2D eigenvalue weighted by Gasteiger charge is 2.27. The minimum Gasteiger partial charge on any atom is -0.489 e. The number of carbonyl (C=O) groups is 1. The number of nitro groups is 1. The van der Waals surface area contributed by atoms with Crippen LogP contribution in [-0.4, -0.2) is 32.0 Å². The van der Waals surface area contributed by atoms with E-state index in [4.69, 9.17) is 16.3 Å². The van der Waals surface area contributed by atoms with Crippen molar-refractivity contribution in [2.24, 2.45) is 5.10 Å². The average molecular weight is 579 g/mol. The third kappa shape index (κ3) is 7.43. The Morgan fingerprint density at radius 2 is 1.60 bits per heavy atom. The second-order valence-corrected chi connectivity index (χ2v) is 10.7. The molecule has 1 N–H and O–H groups in total. The zero-order valence-corrected chi connectivity index (χ0v) is 22.5. The molecule has 0 unspecified atom stereocenters. The van der Waals surface area contributed by atoms with Gasteiger partial charge in [-0.1, -0.05) is 29.8 Å². The fraction of sp³-hybridized carbons (Fsp3) is 0.0714. The van der Waals surface area contributed by atoms with Crippen molar-refractivity contribution in [2.45, 2.75) is 11.5 Å². The zero-order chi connectivity index (χ0) is 28.5. The highest BCUT2D eigenvalue weighted by molar-refractivity contribution is 7.92. The molecule has 10 nitrogen and oxygen atoms in total. The molecule has 4 aromatic rings. The summed E-state index contributed by atoms with van der Waals surface area (Å²) >= 11 is 5.90. The molecule has 0 aliphatic heterocycles. The van der Waals surface area contributed by atoms with E-state index < -0.39 is 27.4 Å². The maximum atomic E-state index is 13.3. The molecule has 0 fully saturated rings. The predicted molar refractivity (Wildman–Crippen MR) is 152 cm³/mol. The fourth-order valence-electron chi connectivity index (χ4n) is 3.52. The molecule has 4 rings (SSSR count). The lowest BCUT2D eigenvalue weighted by molar-refractivity contribution is -0.384. The molecule has 12 heteroatoms. The first-order chi connectivity index (χ1) is 19.2. The minimum absolute atomic E-state index is 0.00654. The fourth-order valence-corrected chi connectivity index (χ4v) is 5.07. The summed E-state index contributed by atoms with van der Waals surface area (Å²) in [7, 11) is -4.06. The van der Waals surface area contributed by atoms with Gasteiger partial charge in [0.25, 0.3) is 21.6 Å². The van der Waals surface area contributed by atoms with Crippen molar-refractivity contribution >= 4 is 45.1 Å². The van der Waals surface area contributed by atoms with Crippen molar-refractivity contribution in [1.29, 1.82) is 0 Å². The molecule has 0 aliphatic rings. The van der Waals surface area contributed by atoms with E-state index in [-0.39, 0.29) is 17.2 Å². The second-order valence-electron chi connectivity index (χ2n) is 8.38. The number of carbonyl (C=O) groups excluding carboxylic acids is 1. The molecule has 204 valence electrons. The molecule has 0 saturated carbocycles. The number of nitro benzene ring substituents is 1. The molecular formula is C28H23ClN4O6S. The number of rotatable bonds is 11. The number of non-ortho nitro benzene ring substituents is 1. The summed E-state index contributed by atoms with van der Waals surface area (Å²) in [6.07, 6.45) is 1.42. The van der Waals surface area contributed by atoms with Crippen molar-refractivity contribution in [2.75, 3.05) is 10.8 Å². The average Bonchev–Trinajstić information content (AvgIpc) is 2.96. The maximum Gasteiger partial charge on any atom is 0.269 e. The van der Waals surface area contributed by atoms with Gasteiger partial charge >= 0.3 is 0 Å². The van der Waals surface area contributed by atoms with Crippen molar-refractivity contribution in [1.82, 2.24) is 5.43 Å². The number of anilines is 1. The number of para-hydroxylation sites is 1. The summed E-state index contributed by atoms with van der Waals surface area (Å²) in [6.45, 7) is -0.264. The number of hydrazone groups is 1. The van der Waals surface area contributed by atoms with Crippen molar-refractivity contribution < 1.29 is 22.9 Å². The van der Waals surface area contributed by atoms with Gasteiger partial charge in [0.2, 0.25) is 0 Å². The Balaban J connectivity index is 1.36. The summed E-state index contributed by atoms with van der Waals surface area (Å²) in [5.74, 6) is -0.0638. The number of hydrogen-bond donors (Lipinski definition) is 1. The van der Waals surface area contributed by atoms with E-state index in [0.717, 1.165) is 9.87 Å². The van der Waals surface area contributed by atoms with Crippen LogP contribution in [0, 0.1) is 10.1 Å². The van der Waals surface area contributed by atoms with Crippen molar-refractivity contribution in [3.8, 4) is 5.75 Å². The monoisotopic (exact) mass is 578 g/mol. The molecule has 0 bridgehead atoms. The zero-order valence-electron chi connectivity index (χ0n) is 20.9. The van der Waals surface area contributed by atoms with Gasteiger partial charge in [0, 0.05) is 17.2 Å². The number of nitrogens with zero attached hydrogens (tertiary/aromatic N) is 3. The number of sulfonamides is 1. The van der Waals surface area contributed by atoms with Crippen LogP contribution in [0.25, 0.3) is 0 Å². The molecule has 40 heavy (non-hydrogen) atoms. The second kappa shape index (κ2) is 12.9. The molecule has 0 aliphatic carbocycles. The third-order valence-electron chi connectivity index (χ3n) is 5.57. The van der Waals surface area contributed by atoms with Gasteiger partial charge < -0.3 is 4.74 Å². The number of ether oxygens (including phenoxy) is 1. The number of hydrogen-bond acceptors (Lipinski definition) is 7. The van der Waals surface area contributed by atoms with E-state index in [2.05, 4.69) is 10.5 Å². The molecule has 0 radical (unpaired) electrons. The molecule has 0 saturated heterocycles. The van der Waals surface area contributed by atoms with E-state index in [1.807, 2.05) is 0 Å². The Morgan fingerprint density at radius 3 is 2.23 bits per heavy atom. The lowest BCUT2D eigenvalue weighted by Gasteiger charge is -2.23. The van der Waals surface area contributed by atoms with E-state index in [0.29, 0.717) is 22.0 Å². The van der Waals surface area contributed by atoms with Crippen LogP contribution in [0.5, 0.6) is 5.75 Å². The Kier molecular flexibility index (Phi) is 9.10. The van der Waals surface area contributed by atoms with Crippen molar-refractivity contribution in [3.63, 3.8) is 0 Å². The molecule has 1 amide bonds. The summed E-state index contributed by atoms with van der Waals surface area (Å²) in [6, 6.07) is 26.9. The van der Waals surface area contributed by atoms with Gasteiger partial charge in [-0.15, -0.1) is 0 Å². The first-order valence-corrected chi connectivity index (χ1v) is 13.7.